The number of rotatable bonds is 5. The van der Waals surface area contributed by atoms with Crippen LogP contribution in [-0.4, -0.2) is 58.7 Å². The van der Waals surface area contributed by atoms with Gasteiger partial charge in [0, 0.05) is 24.2 Å². The Kier molecular flexibility index (Phi) is 5.03. The van der Waals surface area contributed by atoms with Gasteiger partial charge in [-0.15, -0.1) is 11.3 Å². The summed E-state index contributed by atoms with van der Waals surface area (Å²) in [6, 6.07) is 0. The van der Waals surface area contributed by atoms with E-state index in [0.29, 0.717) is 17.2 Å². The molecule has 2 rings (SSSR count). The van der Waals surface area contributed by atoms with E-state index in [2.05, 4.69) is 15.3 Å². The first-order valence-electron chi connectivity index (χ1n) is 7.50. The predicted octanol–water partition coefficient (Wildman–Crippen LogP) is 1.66. The maximum Gasteiger partial charge on any atom is 0.261 e. The zero-order chi connectivity index (χ0) is 17.4. The molecule has 0 spiro atoms. The highest BCUT2D eigenvalue weighted by atomic mass is 32.1. The lowest BCUT2D eigenvalue weighted by atomic mass is 10.1. The maximum atomic E-state index is 12.5. The molecule has 2 aromatic heterocycles. The molecule has 2 aromatic rings. The van der Waals surface area contributed by atoms with Crippen LogP contribution in [0.3, 0.4) is 0 Å². The van der Waals surface area contributed by atoms with Crippen molar-refractivity contribution in [3.05, 3.63) is 22.0 Å². The summed E-state index contributed by atoms with van der Waals surface area (Å²) >= 11 is 1.37. The Morgan fingerprint density at radius 2 is 1.96 bits per heavy atom. The number of aromatic nitrogens is 2. The molecule has 2 heterocycles. The molecule has 1 atom stereocenters. The Bertz CT molecular complexity index is 737. The van der Waals surface area contributed by atoms with Gasteiger partial charge in [-0.25, -0.2) is 9.97 Å². The van der Waals surface area contributed by atoms with E-state index >= 15 is 0 Å². The van der Waals surface area contributed by atoms with E-state index < -0.39 is 5.60 Å². The molecule has 0 fully saturated rings. The molecule has 0 bridgehead atoms. The summed E-state index contributed by atoms with van der Waals surface area (Å²) in [7, 11) is 3.77. The number of nitrogens with zero attached hydrogens (tertiary/aromatic N) is 3. The van der Waals surface area contributed by atoms with Crippen LogP contribution in [0.1, 0.15) is 33.7 Å². The number of hydrogen-bond donors (Lipinski definition) is 2. The van der Waals surface area contributed by atoms with Crippen LogP contribution in [0.5, 0.6) is 0 Å². The summed E-state index contributed by atoms with van der Waals surface area (Å²) < 4.78 is 0. The molecule has 7 heteroatoms. The van der Waals surface area contributed by atoms with Gasteiger partial charge in [-0.2, -0.15) is 0 Å². The van der Waals surface area contributed by atoms with Crippen molar-refractivity contribution in [1.29, 1.82) is 0 Å². The summed E-state index contributed by atoms with van der Waals surface area (Å²) in [5.74, 6) is 0.527. The number of carbonyl (C=O) groups excluding carboxylic acids is 1. The summed E-state index contributed by atoms with van der Waals surface area (Å²) in [4.78, 5) is 24.6. The average molecular weight is 336 g/mol. The number of amides is 1. The first-order chi connectivity index (χ1) is 10.6. The van der Waals surface area contributed by atoms with Crippen molar-refractivity contribution in [3.63, 3.8) is 0 Å². The SMILES string of the molecule is Cc1nc(C)c2c(C)c(C(=O)NC[C@](C)(O)CN(C)C)sc2n1. The molecule has 6 nitrogen and oxygen atoms in total. The minimum atomic E-state index is -0.976. The number of nitrogens with one attached hydrogen (secondary N) is 1. The largest absolute Gasteiger partial charge is 0.387 e. The van der Waals surface area contributed by atoms with Gasteiger partial charge >= 0.3 is 0 Å². The first kappa shape index (κ1) is 17.8. The second kappa shape index (κ2) is 6.51. The van der Waals surface area contributed by atoms with Gasteiger partial charge in [-0.3, -0.25) is 4.79 Å². The molecule has 23 heavy (non-hydrogen) atoms. The molecule has 1 amide bonds. The van der Waals surface area contributed by atoms with Crippen molar-refractivity contribution in [2.75, 3.05) is 27.2 Å². The number of hydrogen-bond acceptors (Lipinski definition) is 6. The van der Waals surface area contributed by atoms with Gasteiger partial charge in [0.25, 0.3) is 5.91 Å². The second-order valence-electron chi connectivity index (χ2n) is 6.51. The highest BCUT2D eigenvalue weighted by molar-refractivity contribution is 7.20. The molecule has 0 radical (unpaired) electrons. The van der Waals surface area contributed by atoms with Gasteiger partial charge in [0.1, 0.15) is 10.7 Å². The molecular weight excluding hydrogens is 312 g/mol. The molecule has 0 saturated carbocycles. The minimum Gasteiger partial charge on any atom is -0.387 e. The van der Waals surface area contributed by atoms with Crippen LogP contribution in [0.4, 0.5) is 0 Å². The first-order valence-corrected chi connectivity index (χ1v) is 8.32. The van der Waals surface area contributed by atoms with Crippen molar-refractivity contribution >= 4 is 27.5 Å². The standard InChI is InChI=1S/C16H24N4O2S/c1-9-12-10(2)18-11(3)19-15(12)23-13(9)14(21)17-7-16(4,22)8-20(5)6/h22H,7-8H2,1-6H3,(H,17,21)/t16-/m0/s1. The van der Waals surface area contributed by atoms with E-state index in [0.717, 1.165) is 21.5 Å². The smallest absolute Gasteiger partial charge is 0.261 e. The molecule has 0 saturated heterocycles. The van der Waals surface area contributed by atoms with Gasteiger partial charge in [0.2, 0.25) is 0 Å². The summed E-state index contributed by atoms with van der Waals surface area (Å²) in [6.07, 6.45) is 0. The van der Waals surface area contributed by atoms with E-state index in [-0.39, 0.29) is 12.5 Å². The topological polar surface area (TPSA) is 78.3 Å². The third kappa shape index (κ3) is 4.04. The molecule has 126 valence electrons. The molecule has 0 unspecified atom stereocenters. The fourth-order valence-corrected chi connectivity index (χ4v) is 3.97. The Hall–Kier alpha value is -1.57. The molecule has 0 aliphatic carbocycles. The van der Waals surface area contributed by atoms with Crippen LogP contribution < -0.4 is 5.32 Å². The predicted molar refractivity (Wildman–Crippen MR) is 93.1 cm³/mol. The molecule has 0 aromatic carbocycles. The lowest BCUT2D eigenvalue weighted by Crippen LogP contribution is -2.47. The van der Waals surface area contributed by atoms with E-state index in [4.69, 9.17) is 0 Å². The number of carbonyl (C=O) groups is 1. The number of thiophene rings is 1. The Morgan fingerprint density at radius 1 is 1.30 bits per heavy atom. The van der Waals surface area contributed by atoms with Gasteiger partial charge < -0.3 is 15.3 Å². The Labute approximate surface area is 140 Å². The number of aliphatic hydroxyl groups is 1. The third-order valence-electron chi connectivity index (χ3n) is 3.58. The number of fused-ring (bicyclic) bond motifs is 1. The zero-order valence-electron chi connectivity index (χ0n) is 14.5. The van der Waals surface area contributed by atoms with Crippen molar-refractivity contribution in [2.45, 2.75) is 33.3 Å². The van der Waals surface area contributed by atoms with E-state index in [1.807, 2.05) is 39.8 Å². The lowest BCUT2D eigenvalue weighted by Gasteiger charge is -2.27. The van der Waals surface area contributed by atoms with Crippen molar-refractivity contribution in [2.24, 2.45) is 0 Å². The summed E-state index contributed by atoms with van der Waals surface area (Å²) in [5, 5.41) is 14.1. The average Bonchev–Trinajstić information content (AvgIpc) is 2.72. The molecule has 0 aliphatic rings. The van der Waals surface area contributed by atoms with Crippen LogP contribution in [0.2, 0.25) is 0 Å². The number of aryl methyl sites for hydroxylation is 3. The fraction of sp³-hybridized carbons (Fsp3) is 0.562. The summed E-state index contributed by atoms with van der Waals surface area (Å²) in [6.45, 7) is 8.07. The molecule has 0 aliphatic heterocycles. The van der Waals surface area contributed by atoms with Gasteiger partial charge in [-0.05, 0) is 47.4 Å². The van der Waals surface area contributed by atoms with Crippen molar-refractivity contribution in [1.82, 2.24) is 20.2 Å². The van der Waals surface area contributed by atoms with Crippen LogP contribution in [0.25, 0.3) is 10.2 Å². The Balaban J connectivity index is 2.22. The fourth-order valence-electron chi connectivity index (χ4n) is 2.78. The van der Waals surface area contributed by atoms with E-state index in [1.54, 1.807) is 6.92 Å². The molecule has 2 N–H and O–H groups in total. The summed E-state index contributed by atoms with van der Waals surface area (Å²) in [5.41, 5.74) is 0.808. The van der Waals surface area contributed by atoms with Gasteiger partial charge in [-0.1, -0.05) is 0 Å². The van der Waals surface area contributed by atoms with Crippen LogP contribution >= 0.6 is 11.3 Å². The zero-order valence-corrected chi connectivity index (χ0v) is 15.3. The maximum absolute atomic E-state index is 12.5. The highest BCUT2D eigenvalue weighted by Crippen LogP contribution is 2.31. The monoisotopic (exact) mass is 336 g/mol. The quantitative estimate of drug-likeness (QED) is 0.868. The third-order valence-corrected chi connectivity index (χ3v) is 4.76. The minimum absolute atomic E-state index is 0.179. The lowest BCUT2D eigenvalue weighted by molar-refractivity contribution is 0.0326. The van der Waals surface area contributed by atoms with Crippen molar-refractivity contribution in [3.8, 4) is 0 Å². The van der Waals surface area contributed by atoms with Gasteiger partial charge in [0.05, 0.1) is 10.5 Å². The van der Waals surface area contributed by atoms with Crippen molar-refractivity contribution < 1.29 is 9.90 Å². The normalized spacial score (nSPS) is 14.3. The van der Waals surface area contributed by atoms with Crippen LogP contribution in [-0.2, 0) is 0 Å². The Morgan fingerprint density at radius 3 is 2.57 bits per heavy atom. The highest BCUT2D eigenvalue weighted by Gasteiger charge is 2.24. The number of likely N-dealkylation sites (N-methyl/N-ethyl adjacent to an activating group) is 1. The second-order valence-corrected chi connectivity index (χ2v) is 7.51. The van der Waals surface area contributed by atoms with Crippen LogP contribution in [0.15, 0.2) is 0 Å². The van der Waals surface area contributed by atoms with Gasteiger partial charge in [0.15, 0.2) is 0 Å². The van der Waals surface area contributed by atoms with E-state index in [1.165, 1.54) is 11.3 Å². The van der Waals surface area contributed by atoms with E-state index in [9.17, 15) is 9.90 Å². The molecular formula is C16H24N4O2S. The van der Waals surface area contributed by atoms with Crippen LogP contribution in [0, 0.1) is 20.8 Å².